The Morgan fingerprint density at radius 1 is 1.33 bits per heavy atom. The van der Waals surface area contributed by atoms with Gasteiger partial charge in [0.05, 0.1) is 22.0 Å². The largest absolute Gasteiger partial charge is 0.486 e. The molecule has 0 aliphatic carbocycles. The normalized spacial score (nSPS) is 12.8. The standard InChI is InChI=1S/C19H17ClN2O4S/c1-11-14(22-19(26-11)16-3-2-6-27-16)9-17(23)21-10-12-7-13(20)18-15(8-12)24-4-5-25-18/h2-3,6-8H,4-5,9-10H2,1H3,(H,21,23). The molecule has 0 fully saturated rings. The molecule has 2 aromatic heterocycles. The number of fused-ring (bicyclic) bond motifs is 1. The lowest BCUT2D eigenvalue weighted by atomic mass is 10.2. The molecule has 140 valence electrons. The molecule has 1 aliphatic rings. The second kappa shape index (κ2) is 7.62. The summed E-state index contributed by atoms with van der Waals surface area (Å²) in [5.41, 5.74) is 1.48. The van der Waals surface area contributed by atoms with E-state index in [2.05, 4.69) is 10.3 Å². The predicted octanol–water partition coefficient (Wildman–Crippen LogP) is 4.00. The van der Waals surface area contributed by atoms with E-state index in [4.69, 9.17) is 25.5 Å². The number of carbonyl (C=O) groups excluding carboxylic acids is 1. The summed E-state index contributed by atoms with van der Waals surface area (Å²) in [4.78, 5) is 17.7. The Kier molecular flexibility index (Phi) is 5.05. The first-order valence-corrected chi connectivity index (χ1v) is 9.71. The summed E-state index contributed by atoms with van der Waals surface area (Å²) in [6.45, 7) is 3.11. The second-order valence-electron chi connectivity index (χ2n) is 6.05. The van der Waals surface area contributed by atoms with Crippen LogP contribution in [-0.2, 0) is 17.8 Å². The van der Waals surface area contributed by atoms with Crippen LogP contribution in [0, 0.1) is 6.92 Å². The highest BCUT2D eigenvalue weighted by Crippen LogP contribution is 2.38. The lowest BCUT2D eigenvalue weighted by Crippen LogP contribution is -2.25. The summed E-state index contributed by atoms with van der Waals surface area (Å²) in [6.07, 6.45) is 0.152. The Balaban J connectivity index is 1.40. The van der Waals surface area contributed by atoms with Crippen LogP contribution in [0.1, 0.15) is 17.0 Å². The van der Waals surface area contributed by atoms with E-state index >= 15 is 0 Å². The number of aryl methyl sites for hydroxylation is 1. The quantitative estimate of drug-likeness (QED) is 0.695. The van der Waals surface area contributed by atoms with Crippen molar-refractivity contribution in [2.75, 3.05) is 13.2 Å². The molecule has 0 saturated heterocycles. The molecule has 1 N–H and O–H groups in total. The van der Waals surface area contributed by atoms with Crippen LogP contribution in [0.4, 0.5) is 0 Å². The highest BCUT2D eigenvalue weighted by Gasteiger charge is 2.18. The summed E-state index contributed by atoms with van der Waals surface area (Å²) in [6, 6.07) is 7.47. The van der Waals surface area contributed by atoms with Crippen LogP contribution in [0.5, 0.6) is 11.5 Å². The molecule has 3 heterocycles. The van der Waals surface area contributed by atoms with Gasteiger partial charge in [-0.25, -0.2) is 4.98 Å². The number of halogens is 1. The van der Waals surface area contributed by atoms with Crippen LogP contribution in [0.2, 0.25) is 5.02 Å². The molecular formula is C19H17ClN2O4S. The summed E-state index contributed by atoms with van der Waals surface area (Å²) in [7, 11) is 0. The van der Waals surface area contributed by atoms with Crippen molar-refractivity contribution in [1.29, 1.82) is 0 Å². The maximum Gasteiger partial charge on any atom is 0.236 e. The Morgan fingerprint density at radius 3 is 3.00 bits per heavy atom. The summed E-state index contributed by atoms with van der Waals surface area (Å²) >= 11 is 7.77. The van der Waals surface area contributed by atoms with Gasteiger partial charge in [0.2, 0.25) is 11.8 Å². The number of ether oxygens (including phenoxy) is 2. The Bertz CT molecular complexity index is 969. The zero-order valence-electron chi connectivity index (χ0n) is 14.6. The first kappa shape index (κ1) is 17.9. The van der Waals surface area contributed by atoms with Crippen molar-refractivity contribution in [2.24, 2.45) is 0 Å². The number of rotatable bonds is 5. The van der Waals surface area contributed by atoms with Gasteiger partial charge in [-0.3, -0.25) is 4.79 Å². The van der Waals surface area contributed by atoms with Gasteiger partial charge in [0, 0.05) is 6.54 Å². The highest BCUT2D eigenvalue weighted by atomic mass is 35.5. The molecular weight excluding hydrogens is 388 g/mol. The average molecular weight is 405 g/mol. The molecule has 1 aliphatic heterocycles. The van der Waals surface area contributed by atoms with Crippen LogP contribution in [-0.4, -0.2) is 24.1 Å². The number of aromatic nitrogens is 1. The summed E-state index contributed by atoms with van der Waals surface area (Å²) in [5, 5.41) is 5.31. The van der Waals surface area contributed by atoms with Gasteiger partial charge in [-0.2, -0.15) is 0 Å². The molecule has 0 radical (unpaired) electrons. The van der Waals surface area contributed by atoms with Gasteiger partial charge in [-0.15, -0.1) is 11.3 Å². The molecule has 0 spiro atoms. The predicted molar refractivity (Wildman–Crippen MR) is 103 cm³/mol. The number of thiophene rings is 1. The van der Waals surface area contributed by atoms with Gasteiger partial charge in [-0.05, 0) is 36.1 Å². The van der Waals surface area contributed by atoms with Crippen molar-refractivity contribution in [2.45, 2.75) is 19.9 Å². The highest BCUT2D eigenvalue weighted by molar-refractivity contribution is 7.13. The van der Waals surface area contributed by atoms with Gasteiger partial charge >= 0.3 is 0 Å². The number of nitrogens with zero attached hydrogens (tertiary/aromatic N) is 1. The van der Waals surface area contributed by atoms with Crippen molar-refractivity contribution >= 4 is 28.8 Å². The first-order valence-electron chi connectivity index (χ1n) is 8.45. The van der Waals surface area contributed by atoms with Gasteiger partial charge < -0.3 is 19.2 Å². The van der Waals surface area contributed by atoms with Crippen molar-refractivity contribution in [3.63, 3.8) is 0 Å². The van der Waals surface area contributed by atoms with Crippen LogP contribution in [0.3, 0.4) is 0 Å². The van der Waals surface area contributed by atoms with Crippen LogP contribution in [0.25, 0.3) is 10.8 Å². The SMILES string of the molecule is Cc1oc(-c2cccs2)nc1CC(=O)NCc1cc(Cl)c2c(c1)OCCO2. The number of oxazole rings is 1. The number of amides is 1. The van der Waals surface area contributed by atoms with E-state index in [1.807, 2.05) is 30.5 Å². The average Bonchev–Trinajstić information content (AvgIpc) is 3.31. The van der Waals surface area contributed by atoms with Crippen molar-refractivity contribution < 1.29 is 18.7 Å². The van der Waals surface area contributed by atoms with Crippen molar-refractivity contribution in [1.82, 2.24) is 10.3 Å². The fourth-order valence-corrected chi connectivity index (χ4v) is 3.72. The van der Waals surface area contributed by atoms with E-state index in [1.54, 1.807) is 17.4 Å². The maximum atomic E-state index is 12.3. The maximum absolute atomic E-state index is 12.3. The van der Waals surface area contributed by atoms with Crippen LogP contribution < -0.4 is 14.8 Å². The molecule has 0 bridgehead atoms. The molecule has 3 aromatic rings. The number of nitrogens with one attached hydrogen (secondary N) is 1. The van der Waals surface area contributed by atoms with E-state index < -0.39 is 0 Å². The molecule has 1 amide bonds. The fraction of sp³-hybridized carbons (Fsp3) is 0.263. The minimum Gasteiger partial charge on any atom is -0.486 e. The third-order valence-corrected chi connectivity index (χ3v) is 5.24. The van der Waals surface area contributed by atoms with Crippen molar-refractivity contribution in [3.8, 4) is 22.3 Å². The topological polar surface area (TPSA) is 73.6 Å². The third kappa shape index (κ3) is 3.94. The van der Waals surface area contributed by atoms with Crippen LogP contribution in [0.15, 0.2) is 34.1 Å². The number of hydrogen-bond donors (Lipinski definition) is 1. The minimum absolute atomic E-state index is 0.143. The van der Waals surface area contributed by atoms with E-state index in [0.717, 1.165) is 10.4 Å². The molecule has 1 aromatic carbocycles. The van der Waals surface area contributed by atoms with Gasteiger partial charge in [0.1, 0.15) is 19.0 Å². The number of hydrogen-bond acceptors (Lipinski definition) is 6. The Labute approximate surface area is 165 Å². The van der Waals surface area contributed by atoms with Gasteiger partial charge in [0.25, 0.3) is 0 Å². The molecule has 6 nitrogen and oxygen atoms in total. The monoisotopic (exact) mass is 404 g/mol. The third-order valence-electron chi connectivity index (χ3n) is 4.10. The van der Waals surface area contributed by atoms with E-state index in [0.29, 0.717) is 53.6 Å². The zero-order valence-corrected chi connectivity index (χ0v) is 16.2. The van der Waals surface area contributed by atoms with Crippen LogP contribution >= 0.6 is 22.9 Å². The lowest BCUT2D eigenvalue weighted by molar-refractivity contribution is -0.120. The molecule has 8 heteroatoms. The first-order chi connectivity index (χ1) is 13.1. The van der Waals surface area contributed by atoms with Crippen molar-refractivity contribution in [3.05, 3.63) is 51.7 Å². The van der Waals surface area contributed by atoms with Gasteiger partial charge in [0.15, 0.2) is 11.5 Å². The van der Waals surface area contributed by atoms with Gasteiger partial charge in [-0.1, -0.05) is 17.7 Å². The summed E-state index contributed by atoms with van der Waals surface area (Å²) < 4.78 is 16.7. The molecule has 0 unspecified atom stereocenters. The van der Waals surface area contributed by atoms with E-state index in [9.17, 15) is 4.79 Å². The minimum atomic E-state index is -0.143. The number of carbonyl (C=O) groups is 1. The molecule has 0 saturated carbocycles. The Morgan fingerprint density at radius 2 is 2.19 bits per heavy atom. The fourth-order valence-electron chi connectivity index (χ4n) is 2.78. The second-order valence-corrected chi connectivity index (χ2v) is 7.41. The van der Waals surface area contributed by atoms with E-state index in [1.165, 1.54) is 0 Å². The molecule has 4 rings (SSSR count). The smallest absolute Gasteiger partial charge is 0.236 e. The van der Waals surface area contributed by atoms with E-state index in [-0.39, 0.29) is 12.3 Å². The molecule has 27 heavy (non-hydrogen) atoms. The Hall–Kier alpha value is -2.51. The zero-order chi connectivity index (χ0) is 18.8. The lowest BCUT2D eigenvalue weighted by Gasteiger charge is -2.20. The molecule has 0 atom stereocenters. The number of benzene rings is 1. The summed E-state index contributed by atoms with van der Waals surface area (Å²) in [5.74, 6) is 2.21.